The highest BCUT2D eigenvalue weighted by Gasteiger charge is 2.05. The molecule has 2 heterocycles. The van der Waals surface area contributed by atoms with E-state index < -0.39 is 0 Å². The van der Waals surface area contributed by atoms with E-state index in [9.17, 15) is 4.79 Å². The van der Waals surface area contributed by atoms with Crippen LogP contribution in [0.5, 0.6) is 0 Å². The Morgan fingerprint density at radius 3 is 2.22 bits per heavy atom. The lowest BCUT2D eigenvalue weighted by molar-refractivity contribution is 0.262. The van der Waals surface area contributed by atoms with Crippen LogP contribution in [-0.2, 0) is 0 Å². The smallest absolute Gasteiger partial charge is 0.323 e. The molecule has 0 aliphatic carbocycles. The van der Waals surface area contributed by atoms with Gasteiger partial charge in [-0.2, -0.15) is 0 Å². The molecule has 0 saturated heterocycles. The Labute approximate surface area is 189 Å². The van der Waals surface area contributed by atoms with Crippen LogP contribution in [0, 0.1) is 0 Å². The number of anilines is 6. The number of pyridine rings is 1. The van der Waals surface area contributed by atoms with Crippen LogP contribution in [0.4, 0.5) is 39.3 Å². The third-order valence-corrected chi connectivity index (χ3v) is 5.06. The van der Waals surface area contributed by atoms with Crippen molar-refractivity contribution in [2.75, 3.05) is 27.5 Å². The molecule has 2 aromatic carbocycles. The fourth-order valence-electron chi connectivity index (χ4n) is 2.84. The number of carbonyl (C=O) groups excluding carboxylic acids is 1. The summed E-state index contributed by atoms with van der Waals surface area (Å²) in [6.45, 7) is 0. The van der Waals surface area contributed by atoms with Crippen molar-refractivity contribution >= 4 is 52.3 Å². The Hall–Kier alpha value is -4.11. The monoisotopic (exact) mass is 443 g/mol. The van der Waals surface area contributed by atoms with E-state index in [-0.39, 0.29) is 6.03 Å². The van der Waals surface area contributed by atoms with E-state index in [2.05, 4.69) is 36.2 Å². The zero-order valence-corrected chi connectivity index (χ0v) is 18.1. The Kier molecular flexibility index (Phi) is 6.78. The highest BCUT2D eigenvalue weighted by Crippen LogP contribution is 2.21. The van der Waals surface area contributed by atoms with Gasteiger partial charge in [-0.1, -0.05) is 12.1 Å². The van der Waals surface area contributed by atoms with E-state index >= 15 is 0 Å². The minimum atomic E-state index is -0.301. The maximum Gasteiger partial charge on any atom is 0.323 e. The first-order valence-corrected chi connectivity index (χ1v) is 11.0. The van der Waals surface area contributed by atoms with Gasteiger partial charge >= 0.3 is 6.03 Å². The van der Waals surface area contributed by atoms with Crippen LogP contribution in [0.25, 0.3) is 0 Å². The largest absolute Gasteiger partial charge is 0.340 e. The Bertz CT molecular complexity index is 1190. The molecule has 32 heavy (non-hydrogen) atoms. The van der Waals surface area contributed by atoms with Crippen LogP contribution in [-0.4, -0.2) is 27.2 Å². The summed E-state index contributed by atoms with van der Waals surface area (Å²) in [7, 11) is 0. The van der Waals surface area contributed by atoms with Gasteiger partial charge in [0.25, 0.3) is 0 Å². The number of benzene rings is 2. The van der Waals surface area contributed by atoms with Crippen LogP contribution in [0.2, 0.25) is 0 Å². The second kappa shape index (κ2) is 10.3. The number of nitrogens with zero attached hydrogens (tertiary/aromatic N) is 3. The van der Waals surface area contributed by atoms with Crippen molar-refractivity contribution in [2.24, 2.45) is 0 Å². The summed E-state index contributed by atoms with van der Waals surface area (Å²) in [5.41, 5.74) is 2.24. The average Bonchev–Trinajstić information content (AvgIpc) is 2.81. The van der Waals surface area contributed by atoms with Gasteiger partial charge in [0.1, 0.15) is 23.8 Å². The SMILES string of the molecule is CSc1cccc(NC(=O)Nc2ccc(Nc3cc(Nc4ccccn4)ncn3)cc2)c1. The van der Waals surface area contributed by atoms with Crippen LogP contribution in [0.15, 0.2) is 90.2 Å². The van der Waals surface area contributed by atoms with E-state index in [1.165, 1.54) is 6.33 Å². The summed E-state index contributed by atoms with van der Waals surface area (Å²) in [6, 6.07) is 22.1. The molecule has 0 bridgehead atoms. The van der Waals surface area contributed by atoms with Crippen molar-refractivity contribution in [1.82, 2.24) is 15.0 Å². The van der Waals surface area contributed by atoms with Gasteiger partial charge in [0, 0.05) is 34.2 Å². The highest BCUT2D eigenvalue weighted by molar-refractivity contribution is 7.98. The van der Waals surface area contributed by atoms with Crippen molar-refractivity contribution in [1.29, 1.82) is 0 Å². The number of aromatic nitrogens is 3. The van der Waals surface area contributed by atoms with Gasteiger partial charge in [0.05, 0.1) is 0 Å². The number of urea groups is 1. The fraction of sp³-hybridized carbons (Fsp3) is 0.0435. The minimum Gasteiger partial charge on any atom is -0.340 e. The first-order valence-electron chi connectivity index (χ1n) is 9.77. The second-order valence-electron chi connectivity index (χ2n) is 6.64. The number of carbonyl (C=O) groups is 1. The number of nitrogens with one attached hydrogen (secondary N) is 4. The van der Waals surface area contributed by atoms with Gasteiger partial charge in [-0.3, -0.25) is 0 Å². The molecule has 0 aliphatic heterocycles. The van der Waals surface area contributed by atoms with Gasteiger partial charge in [-0.05, 0) is 60.9 Å². The van der Waals surface area contributed by atoms with Gasteiger partial charge in [-0.15, -0.1) is 11.8 Å². The minimum absolute atomic E-state index is 0.301. The molecule has 4 aromatic rings. The molecular weight excluding hydrogens is 422 g/mol. The molecule has 0 aliphatic rings. The number of rotatable bonds is 7. The van der Waals surface area contributed by atoms with Crippen molar-refractivity contribution in [3.8, 4) is 0 Å². The third kappa shape index (κ3) is 5.96. The molecule has 160 valence electrons. The van der Waals surface area contributed by atoms with Crippen LogP contribution >= 0.6 is 11.8 Å². The molecule has 8 nitrogen and oxygen atoms in total. The van der Waals surface area contributed by atoms with Gasteiger partial charge in [0.15, 0.2) is 0 Å². The summed E-state index contributed by atoms with van der Waals surface area (Å²) in [5, 5.41) is 12.0. The molecule has 0 fully saturated rings. The Morgan fingerprint density at radius 1 is 0.719 bits per heavy atom. The first-order chi connectivity index (χ1) is 15.7. The van der Waals surface area contributed by atoms with E-state index in [4.69, 9.17) is 0 Å². The molecule has 0 saturated carbocycles. The summed E-state index contributed by atoms with van der Waals surface area (Å²) >= 11 is 1.62. The summed E-state index contributed by atoms with van der Waals surface area (Å²) in [4.78, 5) is 26.0. The summed E-state index contributed by atoms with van der Waals surface area (Å²) in [6.07, 6.45) is 5.17. The first kappa shape index (κ1) is 21.1. The molecule has 0 spiro atoms. The average molecular weight is 444 g/mol. The molecule has 4 rings (SSSR count). The molecule has 2 amide bonds. The van der Waals surface area contributed by atoms with Gasteiger partial charge in [-0.25, -0.2) is 19.7 Å². The number of thioether (sulfide) groups is 1. The number of hydrogen-bond acceptors (Lipinski definition) is 7. The van der Waals surface area contributed by atoms with E-state index in [1.807, 2.05) is 73.0 Å². The fourth-order valence-corrected chi connectivity index (χ4v) is 3.30. The molecule has 0 unspecified atom stereocenters. The lowest BCUT2D eigenvalue weighted by atomic mass is 10.2. The van der Waals surface area contributed by atoms with Crippen molar-refractivity contribution in [3.63, 3.8) is 0 Å². The maximum absolute atomic E-state index is 12.3. The van der Waals surface area contributed by atoms with Crippen LogP contribution < -0.4 is 21.3 Å². The van der Waals surface area contributed by atoms with Crippen LogP contribution in [0.1, 0.15) is 0 Å². The van der Waals surface area contributed by atoms with E-state index in [0.717, 1.165) is 16.3 Å². The predicted octanol–water partition coefficient (Wildman–Crippen LogP) is 5.72. The van der Waals surface area contributed by atoms with Crippen molar-refractivity contribution in [2.45, 2.75) is 4.90 Å². The summed E-state index contributed by atoms with van der Waals surface area (Å²) < 4.78 is 0. The lowest BCUT2D eigenvalue weighted by Gasteiger charge is -2.10. The second-order valence-corrected chi connectivity index (χ2v) is 7.52. The van der Waals surface area contributed by atoms with Gasteiger partial charge in [0.2, 0.25) is 0 Å². The molecule has 9 heteroatoms. The van der Waals surface area contributed by atoms with Crippen molar-refractivity contribution in [3.05, 3.63) is 85.3 Å². The number of amides is 2. The number of hydrogen-bond donors (Lipinski definition) is 4. The zero-order valence-electron chi connectivity index (χ0n) is 17.2. The van der Waals surface area contributed by atoms with Crippen LogP contribution in [0.3, 0.4) is 0 Å². The molecular formula is C23H21N7OS. The molecule has 0 radical (unpaired) electrons. The zero-order chi connectivity index (χ0) is 22.2. The van der Waals surface area contributed by atoms with E-state index in [1.54, 1.807) is 24.0 Å². The highest BCUT2D eigenvalue weighted by atomic mass is 32.2. The predicted molar refractivity (Wildman–Crippen MR) is 130 cm³/mol. The lowest BCUT2D eigenvalue weighted by Crippen LogP contribution is -2.19. The van der Waals surface area contributed by atoms with Gasteiger partial charge < -0.3 is 21.3 Å². The maximum atomic E-state index is 12.3. The topological polar surface area (TPSA) is 104 Å². The molecule has 4 N–H and O–H groups in total. The Balaban J connectivity index is 1.34. The standard InChI is InChI=1S/C23H21N7OS/c1-32-19-6-4-5-18(13-19)29-23(31)28-17-10-8-16(9-11-17)27-21-14-22(26-15-25-21)30-20-7-2-3-12-24-20/h2-15H,1H3,(H2,28,29,31)(H2,24,25,26,27,30). The Morgan fingerprint density at radius 2 is 1.47 bits per heavy atom. The van der Waals surface area contributed by atoms with Crippen molar-refractivity contribution < 1.29 is 4.79 Å². The molecule has 2 aromatic heterocycles. The summed E-state index contributed by atoms with van der Waals surface area (Å²) in [5.74, 6) is 1.96. The normalized spacial score (nSPS) is 10.3. The van der Waals surface area contributed by atoms with E-state index in [0.29, 0.717) is 23.1 Å². The molecule has 0 atom stereocenters. The quantitative estimate of drug-likeness (QED) is 0.271. The third-order valence-electron chi connectivity index (χ3n) is 4.33.